The van der Waals surface area contributed by atoms with Crippen LogP contribution >= 0.6 is 0 Å². The zero-order chi connectivity index (χ0) is 12.7. The van der Waals surface area contributed by atoms with Crippen molar-refractivity contribution in [1.82, 2.24) is 0 Å². The SMILES string of the molecule is CC#CCCC(C(C)=O)C(=O)c1ccccc1. The van der Waals surface area contributed by atoms with Gasteiger partial charge in [0.1, 0.15) is 5.78 Å². The molecule has 2 heteroatoms. The fraction of sp³-hybridized carbons (Fsp3) is 0.333. The summed E-state index contributed by atoms with van der Waals surface area (Å²) in [7, 11) is 0. The van der Waals surface area contributed by atoms with Gasteiger partial charge in [0.05, 0.1) is 5.92 Å². The van der Waals surface area contributed by atoms with Gasteiger partial charge in [0.25, 0.3) is 0 Å². The van der Waals surface area contributed by atoms with Crippen LogP contribution in [-0.2, 0) is 4.79 Å². The van der Waals surface area contributed by atoms with E-state index in [1.165, 1.54) is 6.92 Å². The summed E-state index contributed by atoms with van der Waals surface area (Å²) in [6, 6.07) is 8.93. The number of hydrogen-bond donors (Lipinski definition) is 0. The molecule has 0 aliphatic rings. The van der Waals surface area contributed by atoms with Crippen molar-refractivity contribution in [2.75, 3.05) is 0 Å². The highest BCUT2D eigenvalue weighted by Crippen LogP contribution is 2.15. The van der Waals surface area contributed by atoms with Gasteiger partial charge < -0.3 is 0 Å². The minimum absolute atomic E-state index is 0.0863. The highest BCUT2D eigenvalue weighted by Gasteiger charge is 2.23. The van der Waals surface area contributed by atoms with Gasteiger partial charge in [-0.3, -0.25) is 9.59 Å². The second-order valence-electron chi connectivity index (χ2n) is 3.86. The summed E-state index contributed by atoms with van der Waals surface area (Å²) >= 11 is 0. The lowest BCUT2D eigenvalue weighted by molar-refractivity contribution is -0.119. The molecular formula is C15H16O2. The molecule has 0 N–H and O–H groups in total. The first-order chi connectivity index (χ1) is 8.16. The van der Waals surface area contributed by atoms with Gasteiger partial charge in [-0.1, -0.05) is 30.3 Å². The standard InChI is InChI=1S/C15H16O2/c1-3-4-6-11-14(12(2)16)15(17)13-9-7-5-8-10-13/h5,7-10,14H,6,11H2,1-2H3. The Kier molecular flexibility index (Phi) is 5.16. The molecule has 17 heavy (non-hydrogen) atoms. The van der Waals surface area contributed by atoms with E-state index < -0.39 is 5.92 Å². The Morgan fingerprint density at radius 2 is 1.88 bits per heavy atom. The zero-order valence-corrected chi connectivity index (χ0v) is 10.2. The van der Waals surface area contributed by atoms with Crippen molar-refractivity contribution in [1.29, 1.82) is 0 Å². The van der Waals surface area contributed by atoms with E-state index in [1.807, 2.05) is 6.07 Å². The smallest absolute Gasteiger partial charge is 0.173 e. The molecule has 0 amide bonds. The lowest BCUT2D eigenvalue weighted by Gasteiger charge is -2.10. The Balaban J connectivity index is 2.80. The molecule has 0 saturated heterocycles. The predicted octanol–water partition coefficient (Wildman–Crippen LogP) is 2.88. The molecule has 0 aromatic heterocycles. The van der Waals surface area contributed by atoms with E-state index in [0.717, 1.165) is 0 Å². The van der Waals surface area contributed by atoms with Crippen molar-refractivity contribution in [3.63, 3.8) is 0 Å². The number of benzene rings is 1. The predicted molar refractivity (Wildman–Crippen MR) is 67.6 cm³/mol. The largest absolute Gasteiger partial charge is 0.299 e. The number of hydrogen-bond acceptors (Lipinski definition) is 2. The Morgan fingerprint density at radius 1 is 1.24 bits per heavy atom. The van der Waals surface area contributed by atoms with E-state index in [1.54, 1.807) is 31.2 Å². The topological polar surface area (TPSA) is 34.1 Å². The molecule has 0 spiro atoms. The summed E-state index contributed by atoms with van der Waals surface area (Å²) in [6.07, 6.45) is 1.09. The van der Waals surface area contributed by atoms with Gasteiger partial charge in [0, 0.05) is 12.0 Å². The highest BCUT2D eigenvalue weighted by molar-refractivity contribution is 6.10. The lowest BCUT2D eigenvalue weighted by Crippen LogP contribution is -2.22. The van der Waals surface area contributed by atoms with Crippen LogP contribution in [0.25, 0.3) is 0 Å². The van der Waals surface area contributed by atoms with Gasteiger partial charge in [-0.05, 0) is 20.3 Å². The van der Waals surface area contributed by atoms with E-state index in [0.29, 0.717) is 18.4 Å². The first-order valence-electron chi connectivity index (χ1n) is 5.66. The van der Waals surface area contributed by atoms with E-state index in [-0.39, 0.29) is 11.6 Å². The molecule has 1 rings (SSSR count). The van der Waals surface area contributed by atoms with Crippen LogP contribution in [0.1, 0.15) is 37.0 Å². The number of carbonyl (C=O) groups excluding carboxylic acids is 2. The summed E-state index contributed by atoms with van der Waals surface area (Å²) in [4.78, 5) is 23.6. The third-order valence-electron chi connectivity index (χ3n) is 2.60. The molecule has 2 nitrogen and oxygen atoms in total. The normalized spacial score (nSPS) is 11.2. The Bertz CT molecular complexity index is 449. The van der Waals surface area contributed by atoms with Crippen molar-refractivity contribution in [2.45, 2.75) is 26.7 Å². The maximum absolute atomic E-state index is 12.1. The molecule has 0 radical (unpaired) electrons. The molecule has 1 unspecified atom stereocenters. The van der Waals surface area contributed by atoms with E-state index in [9.17, 15) is 9.59 Å². The van der Waals surface area contributed by atoms with E-state index in [2.05, 4.69) is 11.8 Å². The summed E-state index contributed by atoms with van der Waals surface area (Å²) in [5.74, 6) is 4.91. The molecule has 0 bridgehead atoms. The minimum Gasteiger partial charge on any atom is -0.299 e. The lowest BCUT2D eigenvalue weighted by atomic mass is 9.90. The highest BCUT2D eigenvalue weighted by atomic mass is 16.1. The molecule has 0 aliphatic carbocycles. The van der Waals surface area contributed by atoms with E-state index >= 15 is 0 Å². The van der Waals surface area contributed by atoms with Crippen LogP contribution < -0.4 is 0 Å². The molecule has 0 fully saturated rings. The van der Waals surface area contributed by atoms with Crippen LogP contribution in [0.3, 0.4) is 0 Å². The van der Waals surface area contributed by atoms with Crippen LogP contribution in [0.4, 0.5) is 0 Å². The maximum atomic E-state index is 12.1. The Morgan fingerprint density at radius 3 is 2.41 bits per heavy atom. The molecule has 1 aromatic rings. The van der Waals surface area contributed by atoms with Gasteiger partial charge in [0.2, 0.25) is 0 Å². The van der Waals surface area contributed by atoms with Gasteiger partial charge in [-0.15, -0.1) is 11.8 Å². The monoisotopic (exact) mass is 228 g/mol. The number of ketones is 2. The van der Waals surface area contributed by atoms with E-state index in [4.69, 9.17) is 0 Å². The zero-order valence-electron chi connectivity index (χ0n) is 10.2. The molecule has 0 aliphatic heterocycles. The van der Waals surface area contributed by atoms with Crippen LogP contribution in [0.2, 0.25) is 0 Å². The summed E-state index contributed by atoms with van der Waals surface area (Å²) in [5.41, 5.74) is 0.595. The first-order valence-corrected chi connectivity index (χ1v) is 5.66. The fourth-order valence-corrected chi connectivity index (χ4v) is 1.66. The molecule has 0 saturated carbocycles. The first kappa shape index (κ1) is 13.2. The van der Waals surface area contributed by atoms with Crippen LogP contribution in [0, 0.1) is 17.8 Å². The average molecular weight is 228 g/mol. The summed E-state index contributed by atoms with van der Waals surface area (Å²) < 4.78 is 0. The molecule has 1 aromatic carbocycles. The van der Waals surface area contributed by atoms with Crippen molar-refractivity contribution < 1.29 is 9.59 Å². The Hall–Kier alpha value is -1.88. The van der Waals surface area contributed by atoms with Crippen LogP contribution in [-0.4, -0.2) is 11.6 Å². The maximum Gasteiger partial charge on any atom is 0.173 e. The average Bonchev–Trinajstić information content (AvgIpc) is 2.34. The summed E-state index contributed by atoms with van der Waals surface area (Å²) in [6.45, 7) is 3.21. The Labute approximate surface area is 102 Å². The van der Waals surface area contributed by atoms with Crippen molar-refractivity contribution in [3.8, 4) is 11.8 Å². The van der Waals surface area contributed by atoms with Gasteiger partial charge in [-0.25, -0.2) is 0 Å². The van der Waals surface area contributed by atoms with Crippen molar-refractivity contribution in [3.05, 3.63) is 35.9 Å². The van der Waals surface area contributed by atoms with Gasteiger partial charge >= 0.3 is 0 Å². The third kappa shape index (κ3) is 3.88. The van der Waals surface area contributed by atoms with Crippen LogP contribution in [0.5, 0.6) is 0 Å². The molecular weight excluding hydrogens is 212 g/mol. The van der Waals surface area contributed by atoms with Crippen molar-refractivity contribution in [2.24, 2.45) is 5.92 Å². The second kappa shape index (κ2) is 6.65. The minimum atomic E-state index is -0.557. The second-order valence-corrected chi connectivity index (χ2v) is 3.86. The van der Waals surface area contributed by atoms with Gasteiger partial charge in [0.15, 0.2) is 5.78 Å². The molecule has 88 valence electrons. The fourth-order valence-electron chi connectivity index (χ4n) is 1.66. The van der Waals surface area contributed by atoms with Crippen molar-refractivity contribution >= 4 is 11.6 Å². The third-order valence-corrected chi connectivity index (χ3v) is 2.60. The quantitative estimate of drug-likeness (QED) is 0.441. The molecule has 1 atom stereocenters. The van der Waals surface area contributed by atoms with Crippen LogP contribution in [0.15, 0.2) is 30.3 Å². The summed E-state index contributed by atoms with van der Waals surface area (Å²) in [5, 5.41) is 0. The number of Topliss-reactive ketones (excluding diaryl/α,β-unsaturated/α-hetero) is 2. The number of carbonyl (C=O) groups is 2. The number of rotatable bonds is 5. The molecule has 0 heterocycles. The van der Waals surface area contributed by atoms with Gasteiger partial charge in [-0.2, -0.15) is 0 Å².